The lowest BCUT2D eigenvalue weighted by atomic mass is 9.88. The average Bonchev–Trinajstić information content (AvgIpc) is 3.09. The second kappa shape index (κ2) is 6.37. The Morgan fingerprint density at radius 2 is 2.19 bits per heavy atom. The summed E-state index contributed by atoms with van der Waals surface area (Å²) in [7, 11) is 3.91. The number of hydrogen-bond donors (Lipinski definition) is 1. The smallest absolute Gasteiger partial charge is 0.119 e. The van der Waals surface area contributed by atoms with Crippen LogP contribution in [-0.2, 0) is 0 Å². The number of rotatable bonds is 6. The maximum Gasteiger partial charge on any atom is 0.119 e. The number of methoxy groups -OCH3 is 1. The van der Waals surface area contributed by atoms with Gasteiger partial charge in [-0.05, 0) is 61.8 Å². The predicted molar refractivity (Wildman–Crippen MR) is 86.4 cm³/mol. The molecular formula is C18H28N2O. The highest BCUT2D eigenvalue weighted by atomic mass is 16.5. The van der Waals surface area contributed by atoms with Crippen molar-refractivity contribution in [1.82, 2.24) is 4.90 Å². The summed E-state index contributed by atoms with van der Waals surface area (Å²) in [5.41, 5.74) is 7.53. The van der Waals surface area contributed by atoms with Crippen molar-refractivity contribution in [2.24, 2.45) is 23.5 Å². The highest BCUT2D eigenvalue weighted by molar-refractivity contribution is 5.30. The molecule has 116 valence electrons. The van der Waals surface area contributed by atoms with Crippen molar-refractivity contribution in [3.8, 4) is 5.75 Å². The molecule has 3 rings (SSSR count). The summed E-state index contributed by atoms with van der Waals surface area (Å²) in [6.07, 6.45) is 5.88. The van der Waals surface area contributed by atoms with Crippen molar-refractivity contribution in [2.75, 3.05) is 27.2 Å². The summed E-state index contributed by atoms with van der Waals surface area (Å²) in [5, 5.41) is 0. The van der Waals surface area contributed by atoms with Crippen molar-refractivity contribution in [3.63, 3.8) is 0 Å². The van der Waals surface area contributed by atoms with Crippen molar-refractivity contribution >= 4 is 0 Å². The zero-order chi connectivity index (χ0) is 14.8. The molecule has 1 aromatic rings. The first-order valence-corrected chi connectivity index (χ1v) is 8.23. The first-order valence-electron chi connectivity index (χ1n) is 8.23. The zero-order valence-electron chi connectivity index (χ0n) is 13.3. The lowest BCUT2D eigenvalue weighted by molar-refractivity contribution is 0.212. The monoisotopic (exact) mass is 288 g/mol. The molecule has 3 heteroatoms. The van der Waals surface area contributed by atoms with E-state index in [0.717, 1.165) is 35.6 Å². The second-order valence-electron chi connectivity index (χ2n) is 7.04. The summed E-state index contributed by atoms with van der Waals surface area (Å²) < 4.78 is 5.28. The third kappa shape index (κ3) is 3.41. The molecule has 0 spiro atoms. The largest absolute Gasteiger partial charge is 0.497 e. The van der Waals surface area contributed by atoms with Gasteiger partial charge in [-0.2, -0.15) is 0 Å². The van der Waals surface area contributed by atoms with Crippen molar-refractivity contribution in [1.29, 1.82) is 0 Å². The molecule has 3 nitrogen and oxygen atoms in total. The summed E-state index contributed by atoms with van der Waals surface area (Å²) in [6, 6.07) is 8.19. The Morgan fingerprint density at radius 1 is 1.33 bits per heavy atom. The second-order valence-corrected chi connectivity index (χ2v) is 7.04. The molecule has 2 bridgehead atoms. The van der Waals surface area contributed by atoms with E-state index in [1.807, 2.05) is 12.1 Å². The van der Waals surface area contributed by atoms with Gasteiger partial charge in [0, 0.05) is 19.1 Å². The zero-order valence-corrected chi connectivity index (χ0v) is 13.3. The van der Waals surface area contributed by atoms with Crippen molar-refractivity contribution in [2.45, 2.75) is 31.7 Å². The third-order valence-electron chi connectivity index (χ3n) is 5.46. The van der Waals surface area contributed by atoms with Crippen LogP contribution in [0.25, 0.3) is 0 Å². The molecule has 0 heterocycles. The number of fused-ring (bicyclic) bond motifs is 2. The Labute approximate surface area is 128 Å². The molecule has 0 radical (unpaired) electrons. The SMILES string of the molecule is COc1cccc(C(N)CN(C)CC2CC3CCC2C3)c1. The van der Waals surface area contributed by atoms with Gasteiger partial charge in [-0.15, -0.1) is 0 Å². The highest BCUT2D eigenvalue weighted by Crippen LogP contribution is 2.48. The fourth-order valence-electron chi connectivity index (χ4n) is 4.39. The van der Waals surface area contributed by atoms with Gasteiger partial charge < -0.3 is 15.4 Å². The number of nitrogens with two attached hydrogens (primary N) is 1. The molecule has 0 aliphatic heterocycles. The van der Waals surface area contributed by atoms with E-state index in [1.165, 1.54) is 32.2 Å². The molecule has 4 atom stereocenters. The fraction of sp³-hybridized carbons (Fsp3) is 0.667. The van der Waals surface area contributed by atoms with Crippen LogP contribution in [0.5, 0.6) is 5.75 Å². The Bertz CT molecular complexity index is 476. The van der Waals surface area contributed by atoms with E-state index >= 15 is 0 Å². The maximum absolute atomic E-state index is 6.37. The topological polar surface area (TPSA) is 38.5 Å². The average molecular weight is 288 g/mol. The van der Waals surface area contributed by atoms with E-state index < -0.39 is 0 Å². The van der Waals surface area contributed by atoms with Crippen LogP contribution in [-0.4, -0.2) is 32.1 Å². The molecule has 21 heavy (non-hydrogen) atoms. The standard InChI is InChI=1S/C18H28N2O/c1-20(11-16-9-13-6-7-14(16)8-13)12-18(19)15-4-3-5-17(10-15)21-2/h3-5,10,13-14,16,18H,6-9,11-12,19H2,1-2H3. The molecule has 2 saturated carbocycles. The Hall–Kier alpha value is -1.06. The van der Waals surface area contributed by atoms with E-state index in [4.69, 9.17) is 10.5 Å². The Balaban J connectivity index is 1.53. The van der Waals surface area contributed by atoms with Crippen LogP contribution in [0.4, 0.5) is 0 Å². The highest BCUT2D eigenvalue weighted by Gasteiger charge is 2.39. The molecule has 2 aliphatic rings. The van der Waals surface area contributed by atoms with Gasteiger partial charge >= 0.3 is 0 Å². The van der Waals surface area contributed by atoms with E-state index in [2.05, 4.69) is 24.1 Å². The van der Waals surface area contributed by atoms with Crippen LogP contribution >= 0.6 is 0 Å². The maximum atomic E-state index is 6.37. The van der Waals surface area contributed by atoms with Gasteiger partial charge in [0.05, 0.1) is 7.11 Å². The predicted octanol–water partition coefficient (Wildman–Crippen LogP) is 3.06. The Morgan fingerprint density at radius 3 is 2.86 bits per heavy atom. The van der Waals surface area contributed by atoms with E-state index in [1.54, 1.807) is 7.11 Å². The lowest BCUT2D eigenvalue weighted by Crippen LogP contribution is -2.34. The van der Waals surface area contributed by atoms with Crippen LogP contribution in [0.2, 0.25) is 0 Å². The quantitative estimate of drug-likeness (QED) is 0.874. The first-order chi connectivity index (χ1) is 10.2. The minimum absolute atomic E-state index is 0.0590. The van der Waals surface area contributed by atoms with Crippen LogP contribution in [0, 0.1) is 17.8 Å². The minimum atomic E-state index is 0.0590. The van der Waals surface area contributed by atoms with Crippen molar-refractivity contribution < 1.29 is 4.74 Å². The number of likely N-dealkylation sites (N-methyl/N-ethyl adjacent to an activating group) is 1. The van der Waals surface area contributed by atoms with Crippen LogP contribution in [0.15, 0.2) is 24.3 Å². The number of ether oxygens (including phenoxy) is 1. The van der Waals surface area contributed by atoms with Gasteiger partial charge in [0.25, 0.3) is 0 Å². The van der Waals surface area contributed by atoms with Gasteiger partial charge in [-0.3, -0.25) is 0 Å². The summed E-state index contributed by atoms with van der Waals surface area (Å²) in [6.45, 7) is 2.12. The van der Waals surface area contributed by atoms with Crippen molar-refractivity contribution in [3.05, 3.63) is 29.8 Å². The Kier molecular flexibility index (Phi) is 4.51. The van der Waals surface area contributed by atoms with Crippen LogP contribution in [0.1, 0.15) is 37.3 Å². The first kappa shape index (κ1) is 14.9. The van der Waals surface area contributed by atoms with Gasteiger partial charge in [-0.25, -0.2) is 0 Å². The summed E-state index contributed by atoms with van der Waals surface area (Å²) >= 11 is 0. The van der Waals surface area contributed by atoms with Gasteiger partial charge in [-0.1, -0.05) is 18.6 Å². The number of nitrogens with zero attached hydrogens (tertiary/aromatic N) is 1. The molecule has 2 fully saturated rings. The molecule has 0 aromatic heterocycles. The van der Waals surface area contributed by atoms with Gasteiger partial charge in [0.15, 0.2) is 0 Å². The molecule has 2 aliphatic carbocycles. The van der Waals surface area contributed by atoms with Crippen LogP contribution in [0.3, 0.4) is 0 Å². The minimum Gasteiger partial charge on any atom is -0.497 e. The fourth-order valence-corrected chi connectivity index (χ4v) is 4.39. The normalized spacial score (nSPS) is 29.0. The van der Waals surface area contributed by atoms with E-state index in [-0.39, 0.29) is 6.04 Å². The third-order valence-corrected chi connectivity index (χ3v) is 5.46. The van der Waals surface area contributed by atoms with E-state index in [0.29, 0.717) is 0 Å². The number of benzene rings is 1. The summed E-state index contributed by atoms with van der Waals surface area (Å²) in [4.78, 5) is 2.43. The lowest BCUT2D eigenvalue weighted by Gasteiger charge is -2.29. The molecular weight excluding hydrogens is 260 g/mol. The summed E-state index contributed by atoms with van der Waals surface area (Å²) in [5.74, 6) is 3.82. The molecule has 2 N–H and O–H groups in total. The number of hydrogen-bond acceptors (Lipinski definition) is 3. The molecule has 4 unspecified atom stereocenters. The van der Waals surface area contributed by atoms with Gasteiger partial charge in [0.2, 0.25) is 0 Å². The molecule has 0 amide bonds. The van der Waals surface area contributed by atoms with Crippen LogP contribution < -0.4 is 10.5 Å². The van der Waals surface area contributed by atoms with Gasteiger partial charge in [0.1, 0.15) is 5.75 Å². The molecule has 1 aromatic carbocycles. The van der Waals surface area contributed by atoms with E-state index in [9.17, 15) is 0 Å². The molecule has 0 saturated heterocycles.